The van der Waals surface area contributed by atoms with Gasteiger partial charge in [0.15, 0.2) is 0 Å². The van der Waals surface area contributed by atoms with Crippen molar-refractivity contribution >= 4 is 18.1 Å². The second-order valence-electron chi connectivity index (χ2n) is 13.6. The van der Waals surface area contributed by atoms with Gasteiger partial charge >= 0.3 is 12.2 Å². The molecule has 266 valence electrons. The van der Waals surface area contributed by atoms with E-state index >= 15 is 0 Å². The number of carbonyl (C=O) groups is 3. The fraction of sp³-hybridized carbons (Fsp3) is 0.447. The fourth-order valence-corrected chi connectivity index (χ4v) is 5.56. The van der Waals surface area contributed by atoms with Gasteiger partial charge in [-0.2, -0.15) is 0 Å². The average molecular weight is 677 g/mol. The molecule has 0 saturated heterocycles. The molecule has 5 atom stereocenters. The van der Waals surface area contributed by atoms with Crippen LogP contribution in [0.1, 0.15) is 51.3 Å². The first kappa shape index (κ1) is 39.0. The second-order valence-corrected chi connectivity index (χ2v) is 13.6. The summed E-state index contributed by atoms with van der Waals surface area (Å²) in [7, 11) is 0. The van der Waals surface area contributed by atoms with E-state index < -0.39 is 54.0 Å². The summed E-state index contributed by atoms with van der Waals surface area (Å²) < 4.78 is 5.42. The molecule has 0 aliphatic carbocycles. The summed E-state index contributed by atoms with van der Waals surface area (Å²) in [6.45, 7) is 8.90. The van der Waals surface area contributed by atoms with Gasteiger partial charge in [0.1, 0.15) is 11.6 Å². The Morgan fingerprint density at radius 1 is 0.714 bits per heavy atom. The molecule has 11 heteroatoms. The highest BCUT2D eigenvalue weighted by atomic mass is 16.6. The highest BCUT2D eigenvalue weighted by Crippen LogP contribution is 2.18. The first-order valence-corrected chi connectivity index (χ1v) is 16.7. The summed E-state index contributed by atoms with van der Waals surface area (Å²) in [5.74, 6) is -0.876. The van der Waals surface area contributed by atoms with Crippen LogP contribution in [0.4, 0.5) is 9.59 Å². The van der Waals surface area contributed by atoms with Crippen molar-refractivity contribution in [2.75, 3.05) is 13.1 Å². The Morgan fingerprint density at radius 2 is 1.14 bits per heavy atom. The topological polar surface area (TPSA) is 160 Å². The fourth-order valence-electron chi connectivity index (χ4n) is 5.56. The normalized spacial score (nSPS) is 14.6. The molecule has 0 radical (unpaired) electrons. The standard InChI is InChI=1S/C38H52N4O7/c1-26(2)34(42(37(47)48)25-29-19-13-8-14-20-29)35(45)40-30(21-27-15-9-6-10-16-27)32(43)23-39-24-33(44)31(22-28-17-11-7-12-18-28)41-36(46)49-38(3,4)5/h6-20,26,30-34,39,43-44H,21-25H2,1-5H3,(H,40,45)(H,41,46)(H,47,48)/t30-,31-,32+,33-,34-/m0/s1. The number of hydrogen-bond acceptors (Lipinski definition) is 7. The first-order valence-electron chi connectivity index (χ1n) is 16.7. The maximum absolute atomic E-state index is 13.8. The molecule has 3 rings (SSSR count). The molecule has 0 aromatic heterocycles. The van der Waals surface area contributed by atoms with Crippen LogP contribution in [0.2, 0.25) is 0 Å². The minimum Gasteiger partial charge on any atom is -0.465 e. The van der Waals surface area contributed by atoms with E-state index in [-0.39, 0.29) is 32.0 Å². The van der Waals surface area contributed by atoms with Gasteiger partial charge in [0.05, 0.1) is 24.3 Å². The molecule has 49 heavy (non-hydrogen) atoms. The summed E-state index contributed by atoms with van der Waals surface area (Å²) >= 11 is 0. The summed E-state index contributed by atoms with van der Waals surface area (Å²) in [6.07, 6.45) is -3.40. The molecular weight excluding hydrogens is 624 g/mol. The molecule has 0 aliphatic rings. The van der Waals surface area contributed by atoms with Crippen LogP contribution >= 0.6 is 0 Å². The Kier molecular flexibility index (Phi) is 15.1. The first-order chi connectivity index (χ1) is 23.2. The summed E-state index contributed by atoms with van der Waals surface area (Å²) in [5.41, 5.74) is 1.82. The van der Waals surface area contributed by atoms with Crippen LogP contribution in [-0.2, 0) is 28.9 Å². The number of ether oxygens (including phenoxy) is 1. The van der Waals surface area contributed by atoms with Crippen molar-refractivity contribution in [1.82, 2.24) is 20.9 Å². The molecular formula is C38H52N4O7. The average Bonchev–Trinajstić information content (AvgIpc) is 3.04. The summed E-state index contributed by atoms with van der Waals surface area (Å²) in [4.78, 5) is 40.0. The van der Waals surface area contributed by atoms with Gasteiger partial charge in [-0.3, -0.25) is 9.69 Å². The van der Waals surface area contributed by atoms with Gasteiger partial charge in [0, 0.05) is 19.6 Å². The predicted molar refractivity (Wildman–Crippen MR) is 189 cm³/mol. The third-order valence-electron chi connectivity index (χ3n) is 7.94. The number of carboxylic acid groups (broad SMARTS) is 1. The Hall–Kier alpha value is -4.45. The van der Waals surface area contributed by atoms with E-state index in [1.165, 1.54) is 0 Å². The van der Waals surface area contributed by atoms with E-state index in [1.54, 1.807) is 46.8 Å². The molecule has 6 N–H and O–H groups in total. The molecule has 3 aromatic rings. The van der Waals surface area contributed by atoms with Crippen molar-refractivity contribution in [2.45, 2.75) is 89.9 Å². The van der Waals surface area contributed by atoms with Crippen molar-refractivity contribution in [3.8, 4) is 0 Å². The van der Waals surface area contributed by atoms with E-state index in [9.17, 15) is 29.7 Å². The van der Waals surface area contributed by atoms with E-state index in [1.807, 2.05) is 78.9 Å². The van der Waals surface area contributed by atoms with Crippen LogP contribution in [0.5, 0.6) is 0 Å². The van der Waals surface area contributed by atoms with E-state index in [0.717, 1.165) is 21.6 Å². The highest BCUT2D eigenvalue weighted by molar-refractivity contribution is 5.86. The summed E-state index contributed by atoms with van der Waals surface area (Å²) in [5, 5.41) is 41.5. The van der Waals surface area contributed by atoms with E-state index in [0.29, 0.717) is 6.42 Å². The number of carbonyl (C=O) groups excluding carboxylic acids is 2. The zero-order valence-electron chi connectivity index (χ0n) is 29.1. The number of aliphatic hydroxyl groups is 2. The Balaban J connectivity index is 1.73. The number of aliphatic hydroxyl groups excluding tert-OH is 2. The quantitative estimate of drug-likeness (QED) is 0.123. The molecule has 3 aromatic carbocycles. The molecule has 0 heterocycles. The van der Waals surface area contributed by atoms with E-state index in [2.05, 4.69) is 16.0 Å². The largest absolute Gasteiger partial charge is 0.465 e. The monoisotopic (exact) mass is 676 g/mol. The van der Waals surface area contributed by atoms with Gasteiger partial charge in [-0.05, 0) is 56.2 Å². The van der Waals surface area contributed by atoms with Gasteiger partial charge in [0.2, 0.25) is 5.91 Å². The lowest BCUT2D eigenvalue weighted by atomic mass is 9.97. The zero-order valence-corrected chi connectivity index (χ0v) is 29.1. The molecule has 0 fully saturated rings. The molecule has 0 saturated carbocycles. The number of benzene rings is 3. The Bertz CT molecular complexity index is 1430. The minimum absolute atomic E-state index is 0.00165. The molecule has 3 amide bonds. The van der Waals surface area contributed by atoms with E-state index in [4.69, 9.17) is 4.74 Å². The van der Waals surface area contributed by atoms with Crippen molar-refractivity contribution < 1.29 is 34.4 Å². The zero-order chi connectivity index (χ0) is 36.0. The van der Waals surface area contributed by atoms with Crippen LogP contribution in [0.15, 0.2) is 91.0 Å². The van der Waals surface area contributed by atoms with Crippen LogP contribution in [0, 0.1) is 5.92 Å². The van der Waals surface area contributed by atoms with Crippen LogP contribution in [-0.4, -0.2) is 87.3 Å². The number of rotatable bonds is 17. The highest BCUT2D eigenvalue weighted by Gasteiger charge is 2.35. The minimum atomic E-state index is -1.22. The van der Waals surface area contributed by atoms with Gasteiger partial charge in [-0.1, -0.05) is 105 Å². The third kappa shape index (κ3) is 13.5. The molecule has 11 nitrogen and oxygen atoms in total. The Labute approximate surface area is 289 Å². The van der Waals surface area contributed by atoms with Crippen molar-refractivity contribution in [2.24, 2.45) is 5.92 Å². The Morgan fingerprint density at radius 3 is 1.55 bits per heavy atom. The van der Waals surface area contributed by atoms with Gasteiger partial charge in [-0.15, -0.1) is 0 Å². The van der Waals surface area contributed by atoms with Crippen LogP contribution in [0.25, 0.3) is 0 Å². The van der Waals surface area contributed by atoms with Crippen LogP contribution in [0.3, 0.4) is 0 Å². The molecule has 0 aliphatic heterocycles. The number of nitrogens with one attached hydrogen (secondary N) is 3. The van der Waals surface area contributed by atoms with Gasteiger partial charge < -0.3 is 36.0 Å². The predicted octanol–water partition coefficient (Wildman–Crippen LogP) is 4.37. The lowest BCUT2D eigenvalue weighted by Gasteiger charge is -2.34. The lowest BCUT2D eigenvalue weighted by Crippen LogP contribution is -2.57. The second kappa shape index (κ2) is 18.9. The number of alkyl carbamates (subject to hydrolysis) is 1. The maximum Gasteiger partial charge on any atom is 0.408 e. The summed E-state index contributed by atoms with van der Waals surface area (Å²) in [6, 6.07) is 25.4. The van der Waals surface area contributed by atoms with Gasteiger partial charge in [-0.25, -0.2) is 9.59 Å². The molecule has 0 bridgehead atoms. The maximum atomic E-state index is 13.8. The van der Waals surface area contributed by atoms with Crippen molar-refractivity contribution in [1.29, 1.82) is 0 Å². The molecule has 0 unspecified atom stereocenters. The molecule has 0 spiro atoms. The smallest absolute Gasteiger partial charge is 0.408 e. The number of amides is 3. The lowest BCUT2D eigenvalue weighted by molar-refractivity contribution is -0.129. The van der Waals surface area contributed by atoms with Crippen LogP contribution < -0.4 is 16.0 Å². The third-order valence-corrected chi connectivity index (χ3v) is 7.94. The SMILES string of the molecule is CC(C)[C@@H](C(=O)N[C@@H](Cc1ccccc1)[C@H](O)CNC[C@H](O)[C@H](Cc1ccccc1)NC(=O)OC(C)(C)C)N(Cc1ccccc1)C(=O)O. The number of hydrogen-bond donors (Lipinski definition) is 6. The van der Waals surface area contributed by atoms with Crippen molar-refractivity contribution in [3.63, 3.8) is 0 Å². The van der Waals surface area contributed by atoms with Gasteiger partial charge in [0.25, 0.3) is 0 Å². The van der Waals surface area contributed by atoms with Crippen molar-refractivity contribution in [3.05, 3.63) is 108 Å². The number of nitrogens with zero attached hydrogens (tertiary/aromatic N) is 1.